The number of fused-ring (bicyclic) bond motifs is 4. The summed E-state index contributed by atoms with van der Waals surface area (Å²) in [6.45, 7) is 6.72. The van der Waals surface area contributed by atoms with Crippen molar-refractivity contribution in [1.82, 2.24) is 15.2 Å². The third-order valence-electron chi connectivity index (χ3n) is 5.15. The first-order valence-corrected chi connectivity index (χ1v) is 9.13. The van der Waals surface area contributed by atoms with E-state index >= 15 is 0 Å². The van der Waals surface area contributed by atoms with E-state index in [-0.39, 0.29) is 23.8 Å². The van der Waals surface area contributed by atoms with E-state index in [1.807, 2.05) is 0 Å². The third kappa shape index (κ3) is 3.31. The number of piperidine rings is 3. The normalized spacial score (nSPS) is 24.8. The zero-order valence-electron chi connectivity index (χ0n) is 15.0. The Morgan fingerprint density at radius 2 is 2.08 bits per heavy atom. The largest absolute Gasteiger partial charge is 0.457 e. The van der Waals surface area contributed by atoms with Crippen LogP contribution in [0, 0.1) is 5.92 Å². The molecule has 2 aromatic heterocycles. The number of carbonyl (C=O) groups is 2. The predicted molar refractivity (Wildman–Crippen MR) is 95.0 cm³/mol. The van der Waals surface area contributed by atoms with E-state index in [1.165, 1.54) is 0 Å². The SMILES string of the molecule is CC(C)OC(=O)c1cc2cnc(C(=O)N[C@H]3CN4CCC3CC4)cc2o1. The van der Waals surface area contributed by atoms with Crippen LogP contribution in [-0.2, 0) is 4.74 Å². The van der Waals surface area contributed by atoms with Crippen LogP contribution in [0.5, 0.6) is 0 Å². The molecule has 26 heavy (non-hydrogen) atoms. The Hall–Kier alpha value is -2.41. The lowest BCUT2D eigenvalue weighted by Crippen LogP contribution is -2.57. The van der Waals surface area contributed by atoms with E-state index in [0.29, 0.717) is 22.6 Å². The first-order valence-electron chi connectivity index (χ1n) is 9.13. The lowest BCUT2D eigenvalue weighted by molar-refractivity contribution is 0.0344. The number of esters is 1. The molecular formula is C19H23N3O4. The average molecular weight is 357 g/mol. The Labute approximate surface area is 151 Å². The van der Waals surface area contributed by atoms with Gasteiger partial charge in [-0.2, -0.15) is 0 Å². The van der Waals surface area contributed by atoms with E-state index in [2.05, 4.69) is 15.2 Å². The highest BCUT2D eigenvalue weighted by Crippen LogP contribution is 2.28. The maximum Gasteiger partial charge on any atom is 0.374 e. The highest BCUT2D eigenvalue weighted by molar-refractivity contribution is 5.97. The fraction of sp³-hybridized carbons (Fsp3) is 0.526. The summed E-state index contributed by atoms with van der Waals surface area (Å²) in [6.07, 6.45) is 3.60. The number of amides is 1. The summed E-state index contributed by atoms with van der Waals surface area (Å²) in [5, 5.41) is 3.78. The molecular weight excluding hydrogens is 334 g/mol. The summed E-state index contributed by atoms with van der Waals surface area (Å²) < 4.78 is 10.7. The van der Waals surface area contributed by atoms with Gasteiger partial charge in [-0.05, 0) is 45.7 Å². The highest BCUT2D eigenvalue weighted by Gasteiger charge is 2.35. The molecule has 3 aliphatic heterocycles. The summed E-state index contributed by atoms with van der Waals surface area (Å²) in [5.41, 5.74) is 0.752. The first-order chi connectivity index (χ1) is 12.5. The fourth-order valence-electron chi connectivity index (χ4n) is 3.80. The van der Waals surface area contributed by atoms with Gasteiger partial charge in [0.25, 0.3) is 5.91 Å². The predicted octanol–water partition coefficient (Wildman–Crippen LogP) is 2.22. The molecule has 3 aliphatic rings. The number of aromatic nitrogens is 1. The van der Waals surface area contributed by atoms with Crippen LogP contribution in [0.4, 0.5) is 0 Å². The summed E-state index contributed by atoms with van der Waals surface area (Å²) in [5.74, 6) is -0.0537. The molecule has 0 saturated carbocycles. The molecule has 7 heteroatoms. The molecule has 7 nitrogen and oxygen atoms in total. The molecule has 0 spiro atoms. The zero-order chi connectivity index (χ0) is 18.3. The molecule has 5 rings (SSSR count). The smallest absolute Gasteiger partial charge is 0.374 e. The van der Waals surface area contributed by atoms with Crippen molar-refractivity contribution in [3.63, 3.8) is 0 Å². The van der Waals surface area contributed by atoms with E-state index < -0.39 is 5.97 Å². The van der Waals surface area contributed by atoms with Gasteiger partial charge in [-0.1, -0.05) is 0 Å². The van der Waals surface area contributed by atoms with Gasteiger partial charge < -0.3 is 19.4 Å². The maximum atomic E-state index is 12.6. The molecule has 3 fully saturated rings. The molecule has 2 bridgehead atoms. The topological polar surface area (TPSA) is 84.7 Å². The number of carbonyl (C=O) groups excluding carboxylic acids is 2. The number of nitrogens with one attached hydrogen (secondary N) is 1. The van der Waals surface area contributed by atoms with Gasteiger partial charge in [0, 0.05) is 36.3 Å². The van der Waals surface area contributed by atoms with Crippen LogP contribution in [0.3, 0.4) is 0 Å². The molecule has 1 atom stereocenters. The number of furan rings is 1. The van der Waals surface area contributed by atoms with Crippen molar-refractivity contribution >= 4 is 22.8 Å². The van der Waals surface area contributed by atoms with E-state index in [4.69, 9.17) is 9.15 Å². The number of hydrogen-bond donors (Lipinski definition) is 1. The van der Waals surface area contributed by atoms with Gasteiger partial charge in [-0.3, -0.25) is 9.78 Å². The summed E-state index contributed by atoms with van der Waals surface area (Å²) in [4.78, 5) is 31.2. The third-order valence-corrected chi connectivity index (χ3v) is 5.15. The Kier molecular flexibility index (Phi) is 4.40. The average Bonchev–Trinajstić information content (AvgIpc) is 3.05. The van der Waals surface area contributed by atoms with Crippen molar-refractivity contribution in [1.29, 1.82) is 0 Å². The van der Waals surface area contributed by atoms with Crippen molar-refractivity contribution in [3.05, 3.63) is 29.8 Å². The molecule has 3 saturated heterocycles. The summed E-state index contributed by atoms with van der Waals surface area (Å²) in [6, 6.07) is 3.34. The van der Waals surface area contributed by atoms with Gasteiger partial charge in [0.2, 0.25) is 5.76 Å². The minimum atomic E-state index is -0.519. The number of nitrogens with zero attached hydrogens (tertiary/aromatic N) is 2. The lowest BCUT2D eigenvalue weighted by atomic mass is 9.84. The minimum absolute atomic E-state index is 0.116. The fourth-order valence-corrected chi connectivity index (χ4v) is 3.80. The quantitative estimate of drug-likeness (QED) is 0.845. The van der Waals surface area contributed by atoms with E-state index in [0.717, 1.165) is 32.5 Å². The van der Waals surface area contributed by atoms with Gasteiger partial charge in [0.05, 0.1) is 6.10 Å². The van der Waals surface area contributed by atoms with Crippen molar-refractivity contribution in [2.24, 2.45) is 5.92 Å². The van der Waals surface area contributed by atoms with Crippen LogP contribution in [0.1, 0.15) is 47.7 Å². The second-order valence-corrected chi connectivity index (χ2v) is 7.39. The Balaban J connectivity index is 1.49. The Morgan fingerprint density at radius 3 is 2.73 bits per heavy atom. The molecule has 0 radical (unpaired) electrons. The molecule has 5 heterocycles. The molecule has 0 aromatic carbocycles. The standard InChI is InChI=1S/C19H23N3O4/c1-11(2)25-19(24)17-7-13-9-20-14(8-16(13)26-17)18(23)21-15-10-22-5-3-12(15)4-6-22/h7-9,11-12,15H,3-6,10H2,1-2H3,(H,21,23)/t15-/m0/s1. The van der Waals surface area contributed by atoms with E-state index in [1.54, 1.807) is 32.2 Å². The maximum absolute atomic E-state index is 12.6. The van der Waals surface area contributed by atoms with E-state index in [9.17, 15) is 9.59 Å². The minimum Gasteiger partial charge on any atom is -0.457 e. The second kappa shape index (κ2) is 6.72. The number of rotatable bonds is 4. The van der Waals surface area contributed by atoms with Gasteiger partial charge in [0.15, 0.2) is 0 Å². The molecule has 0 aliphatic carbocycles. The monoisotopic (exact) mass is 357 g/mol. The van der Waals surface area contributed by atoms with Crippen LogP contribution in [0.15, 0.2) is 22.7 Å². The van der Waals surface area contributed by atoms with Crippen LogP contribution in [0.2, 0.25) is 0 Å². The van der Waals surface area contributed by atoms with Gasteiger partial charge in [0.1, 0.15) is 11.3 Å². The highest BCUT2D eigenvalue weighted by atomic mass is 16.6. The van der Waals surface area contributed by atoms with Crippen molar-refractivity contribution in [2.75, 3.05) is 19.6 Å². The number of ether oxygens (including phenoxy) is 1. The molecule has 138 valence electrons. The number of hydrogen-bond acceptors (Lipinski definition) is 6. The zero-order valence-corrected chi connectivity index (χ0v) is 15.0. The first kappa shape index (κ1) is 17.0. The Morgan fingerprint density at radius 1 is 1.31 bits per heavy atom. The van der Waals surface area contributed by atoms with Crippen molar-refractivity contribution in [2.45, 2.75) is 38.8 Å². The van der Waals surface area contributed by atoms with Crippen molar-refractivity contribution < 1.29 is 18.7 Å². The van der Waals surface area contributed by atoms with Crippen LogP contribution in [0.25, 0.3) is 11.0 Å². The van der Waals surface area contributed by atoms with Crippen LogP contribution >= 0.6 is 0 Å². The van der Waals surface area contributed by atoms with Gasteiger partial charge in [-0.15, -0.1) is 0 Å². The van der Waals surface area contributed by atoms with Crippen LogP contribution in [-0.4, -0.2) is 53.5 Å². The Bertz CT molecular complexity index is 836. The lowest BCUT2D eigenvalue weighted by Gasteiger charge is -2.44. The molecule has 2 aromatic rings. The van der Waals surface area contributed by atoms with Crippen LogP contribution < -0.4 is 5.32 Å². The summed E-state index contributed by atoms with van der Waals surface area (Å²) >= 11 is 0. The number of pyridine rings is 1. The second-order valence-electron chi connectivity index (χ2n) is 7.39. The molecule has 1 N–H and O–H groups in total. The van der Waals surface area contributed by atoms with Gasteiger partial charge >= 0.3 is 5.97 Å². The summed E-state index contributed by atoms with van der Waals surface area (Å²) in [7, 11) is 0. The van der Waals surface area contributed by atoms with Gasteiger partial charge in [-0.25, -0.2) is 4.79 Å². The molecule has 1 amide bonds. The van der Waals surface area contributed by atoms with Crippen molar-refractivity contribution in [3.8, 4) is 0 Å². The molecule has 0 unspecified atom stereocenters.